The summed E-state index contributed by atoms with van der Waals surface area (Å²) in [5.41, 5.74) is 0.989. The highest BCUT2D eigenvalue weighted by molar-refractivity contribution is 5.96. The van der Waals surface area contributed by atoms with E-state index < -0.39 is 0 Å². The largest absolute Gasteiger partial charge is 0.371 e. The molecular formula is C12H20O2. The molecule has 0 fully saturated rings. The normalized spacial score (nSPS) is 17.8. The van der Waals surface area contributed by atoms with Gasteiger partial charge in [0, 0.05) is 0 Å². The average molecular weight is 196 g/mol. The number of allylic oxidation sites excluding steroid dienone is 1. The summed E-state index contributed by atoms with van der Waals surface area (Å²) in [4.78, 5) is 11.7. The van der Waals surface area contributed by atoms with Gasteiger partial charge in [0.05, 0.1) is 6.10 Å². The Morgan fingerprint density at radius 3 is 2.93 bits per heavy atom. The van der Waals surface area contributed by atoms with E-state index in [-0.39, 0.29) is 18.5 Å². The van der Waals surface area contributed by atoms with E-state index in [9.17, 15) is 4.79 Å². The second-order valence-corrected chi connectivity index (χ2v) is 4.11. The summed E-state index contributed by atoms with van der Waals surface area (Å²) in [5, 5.41) is 0. The third-order valence-corrected chi connectivity index (χ3v) is 2.45. The van der Waals surface area contributed by atoms with Crippen molar-refractivity contribution in [2.75, 3.05) is 6.61 Å². The molecule has 1 aliphatic rings. The highest BCUT2D eigenvalue weighted by atomic mass is 16.5. The highest BCUT2D eigenvalue weighted by Gasteiger charge is 2.11. The van der Waals surface area contributed by atoms with Crippen LogP contribution in [0.3, 0.4) is 0 Å². The second-order valence-electron chi connectivity index (χ2n) is 4.11. The number of ketones is 1. The van der Waals surface area contributed by atoms with Crippen LogP contribution in [-0.4, -0.2) is 18.5 Å². The first-order valence-electron chi connectivity index (χ1n) is 5.54. The van der Waals surface area contributed by atoms with Crippen molar-refractivity contribution >= 4 is 5.78 Å². The standard InChI is InChI=1S/C12H20O2/c1-10(2)14-9-12(13)11-7-5-3-4-6-8-11/h7,10H,3-6,8-9H2,1-2H3. The maximum absolute atomic E-state index is 11.7. The Morgan fingerprint density at radius 2 is 2.21 bits per heavy atom. The third-order valence-electron chi connectivity index (χ3n) is 2.45. The van der Waals surface area contributed by atoms with E-state index in [2.05, 4.69) is 6.08 Å². The number of hydrogen-bond acceptors (Lipinski definition) is 2. The van der Waals surface area contributed by atoms with E-state index in [1.807, 2.05) is 13.8 Å². The number of carbonyl (C=O) groups excluding carboxylic acids is 1. The van der Waals surface area contributed by atoms with Crippen molar-refractivity contribution in [3.63, 3.8) is 0 Å². The molecule has 0 aliphatic heterocycles. The van der Waals surface area contributed by atoms with Crippen LogP contribution in [-0.2, 0) is 9.53 Å². The first-order valence-corrected chi connectivity index (χ1v) is 5.54. The maximum atomic E-state index is 11.7. The molecule has 2 heteroatoms. The molecule has 0 saturated carbocycles. The summed E-state index contributed by atoms with van der Waals surface area (Å²) in [5.74, 6) is 0.181. The summed E-state index contributed by atoms with van der Waals surface area (Å²) in [6, 6.07) is 0. The Balaban J connectivity index is 2.38. The van der Waals surface area contributed by atoms with Crippen LogP contribution < -0.4 is 0 Å². The van der Waals surface area contributed by atoms with Gasteiger partial charge >= 0.3 is 0 Å². The minimum Gasteiger partial charge on any atom is -0.371 e. The molecule has 14 heavy (non-hydrogen) atoms. The van der Waals surface area contributed by atoms with Crippen LogP contribution in [0.4, 0.5) is 0 Å². The minimum atomic E-state index is 0.144. The Hall–Kier alpha value is -0.630. The molecule has 0 radical (unpaired) electrons. The van der Waals surface area contributed by atoms with E-state index in [1.54, 1.807) is 0 Å². The molecule has 0 heterocycles. The molecule has 1 rings (SSSR count). The van der Waals surface area contributed by atoms with Crippen molar-refractivity contribution in [2.24, 2.45) is 0 Å². The van der Waals surface area contributed by atoms with Crippen LogP contribution in [0.1, 0.15) is 46.0 Å². The molecule has 1 aliphatic carbocycles. The third kappa shape index (κ3) is 4.05. The van der Waals surface area contributed by atoms with Crippen LogP contribution in [0.25, 0.3) is 0 Å². The first-order chi connectivity index (χ1) is 6.70. The molecule has 0 amide bonds. The predicted octanol–water partition coefficient (Wildman–Crippen LogP) is 2.87. The number of carbonyl (C=O) groups is 1. The van der Waals surface area contributed by atoms with E-state index in [1.165, 1.54) is 12.8 Å². The Kier molecular flexibility index (Phi) is 4.88. The topological polar surface area (TPSA) is 26.3 Å². The van der Waals surface area contributed by atoms with Crippen molar-refractivity contribution in [2.45, 2.75) is 52.1 Å². The van der Waals surface area contributed by atoms with Crippen molar-refractivity contribution in [1.29, 1.82) is 0 Å². The van der Waals surface area contributed by atoms with E-state index in [0.717, 1.165) is 24.8 Å². The summed E-state index contributed by atoms with van der Waals surface area (Å²) in [6.07, 6.45) is 7.87. The monoisotopic (exact) mass is 196 g/mol. The van der Waals surface area contributed by atoms with Gasteiger partial charge in [0.2, 0.25) is 0 Å². The molecule has 0 bridgehead atoms. The van der Waals surface area contributed by atoms with E-state index in [0.29, 0.717) is 0 Å². The van der Waals surface area contributed by atoms with Gasteiger partial charge in [-0.3, -0.25) is 4.79 Å². The van der Waals surface area contributed by atoms with Gasteiger partial charge in [-0.05, 0) is 45.1 Å². The molecule has 0 spiro atoms. The zero-order valence-corrected chi connectivity index (χ0v) is 9.21. The minimum absolute atomic E-state index is 0.144. The number of rotatable bonds is 4. The molecule has 0 saturated heterocycles. The summed E-state index contributed by atoms with van der Waals surface area (Å²) >= 11 is 0. The Bertz CT molecular complexity index is 216. The van der Waals surface area contributed by atoms with Crippen LogP contribution in [0.2, 0.25) is 0 Å². The van der Waals surface area contributed by atoms with Gasteiger partial charge in [0.1, 0.15) is 6.61 Å². The molecule has 0 aromatic carbocycles. The Morgan fingerprint density at radius 1 is 1.43 bits per heavy atom. The smallest absolute Gasteiger partial charge is 0.184 e. The quantitative estimate of drug-likeness (QED) is 0.691. The Labute approximate surface area is 86.3 Å². The van der Waals surface area contributed by atoms with Gasteiger partial charge in [-0.15, -0.1) is 0 Å². The van der Waals surface area contributed by atoms with Crippen molar-refractivity contribution in [3.8, 4) is 0 Å². The molecule has 2 nitrogen and oxygen atoms in total. The van der Waals surface area contributed by atoms with Gasteiger partial charge in [-0.25, -0.2) is 0 Å². The molecule has 0 aromatic rings. The lowest BCUT2D eigenvalue weighted by Gasteiger charge is -2.08. The predicted molar refractivity (Wildman–Crippen MR) is 57.3 cm³/mol. The fourth-order valence-corrected chi connectivity index (χ4v) is 1.60. The zero-order chi connectivity index (χ0) is 10.4. The SMILES string of the molecule is CC(C)OCC(=O)C1=CCCCCC1. The zero-order valence-electron chi connectivity index (χ0n) is 9.21. The van der Waals surface area contributed by atoms with Crippen molar-refractivity contribution in [1.82, 2.24) is 0 Å². The maximum Gasteiger partial charge on any atom is 0.184 e. The molecule has 0 atom stereocenters. The molecule has 80 valence electrons. The van der Waals surface area contributed by atoms with Crippen LogP contribution in [0.15, 0.2) is 11.6 Å². The van der Waals surface area contributed by atoms with Gasteiger partial charge in [0.25, 0.3) is 0 Å². The fraction of sp³-hybridized carbons (Fsp3) is 0.750. The summed E-state index contributed by atoms with van der Waals surface area (Å²) in [6.45, 7) is 4.16. The van der Waals surface area contributed by atoms with E-state index in [4.69, 9.17) is 4.74 Å². The van der Waals surface area contributed by atoms with Gasteiger partial charge < -0.3 is 4.74 Å². The average Bonchev–Trinajstić information content (AvgIpc) is 2.42. The van der Waals surface area contributed by atoms with Gasteiger partial charge in [-0.1, -0.05) is 12.5 Å². The van der Waals surface area contributed by atoms with Gasteiger partial charge in [-0.2, -0.15) is 0 Å². The fourth-order valence-electron chi connectivity index (χ4n) is 1.60. The molecular weight excluding hydrogens is 176 g/mol. The molecule has 0 N–H and O–H groups in total. The highest BCUT2D eigenvalue weighted by Crippen LogP contribution is 2.17. The van der Waals surface area contributed by atoms with Crippen LogP contribution >= 0.6 is 0 Å². The van der Waals surface area contributed by atoms with Crippen molar-refractivity contribution < 1.29 is 9.53 Å². The second kappa shape index (κ2) is 5.97. The number of Topliss-reactive ketones (excluding diaryl/α,β-unsaturated/α-hetero) is 1. The molecule has 0 aromatic heterocycles. The van der Waals surface area contributed by atoms with Crippen LogP contribution in [0.5, 0.6) is 0 Å². The molecule has 0 unspecified atom stereocenters. The summed E-state index contributed by atoms with van der Waals surface area (Å²) < 4.78 is 5.31. The van der Waals surface area contributed by atoms with E-state index >= 15 is 0 Å². The lowest BCUT2D eigenvalue weighted by atomic mass is 10.1. The number of ether oxygens (including phenoxy) is 1. The van der Waals surface area contributed by atoms with Gasteiger partial charge in [0.15, 0.2) is 5.78 Å². The lowest BCUT2D eigenvalue weighted by Crippen LogP contribution is -2.15. The number of hydrogen-bond donors (Lipinski definition) is 0. The van der Waals surface area contributed by atoms with Crippen LogP contribution in [0, 0.1) is 0 Å². The first kappa shape index (κ1) is 11.4. The lowest BCUT2D eigenvalue weighted by molar-refractivity contribution is -0.121. The summed E-state index contributed by atoms with van der Waals surface area (Å²) in [7, 11) is 0. The van der Waals surface area contributed by atoms with Crippen molar-refractivity contribution in [3.05, 3.63) is 11.6 Å².